The lowest BCUT2D eigenvalue weighted by atomic mass is 9.98. The molecule has 1 fully saturated rings. The van der Waals surface area contributed by atoms with Crippen molar-refractivity contribution in [3.63, 3.8) is 0 Å². The highest BCUT2D eigenvalue weighted by atomic mass is 16.6. The van der Waals surface area contributed by atoms with Gasteiger partial charge >= 0.3 is 6.09 Å². The average molecular weight is 234 g/mol. The Hall–Kier alpha value is -1.71. The Balaban J connectivity index is 1.98. The third-order valence-corrected chi connectivity index (χ3v) is 3.12. The molecule has 92 valence electrons. The Labute approximate surface area is 101 Å². The number of hydrogen-bond donors (Lipinski definition) is 1. The second kappa shape index (κ2) is 5.08. The summed E-state index contributed by atoms with van der Waals surface area (Å²) in [4.78, 5) is 13.3. The number of carbonyl (C=O) groups is 1. The van der Waals surface area contributed by atoms with Gasteiger partial charge in [0, 0.05) is 24.7 Å². The van der Waals surface area contributed by atoms with Crippen LogP contribution in [0.25, 0.3) is 0 Å². The van der Waals surface area contributed by atoms with E-state index in [0.29, 0.717) is 12.5 Å². The zero-order valence-electron chi connectivity index (χ0n) is 10.1. The van der Waals surface area contributed by atoms with Crippen molar-refractivity contribution in [3.8, 4) is 0 Å². The molecule has 0 saturated carbocycles. The molecule has 0 radical (unpaired) electrons. The van der Waals surface area contributed by atoms with Crippen LogP contribution in [0.1, 0.15) is 24.8 Å². The van der Waals surface area contributed by atoms with E-state index in [1.807, 2.05) is 31.2 Å². The lowest BCUT2D eigenvalue weighted by Gasteiger charge is -2.15. The van der Waals surface area contributed by atoms with E-state index < -0.39 is 0 Å². The van der Waals surface area contributed by atoms with Gasteiger partial charge in [-0.1, -0.05) is 12.1 Å². The number of nitrogens with zero attached hydrogens (tertiary/aromatic N) is 1. The van der Waals surface area contributed by atoms with Crippen molar-refractivity contribution in [2.24, 2.45) is 0 Å². The van der Waals surface area contributed by atoms with Crippen LogP contribution >= 0.6 is 0 Å². The molecular formula is C13H18N2O2. The van der Waals surface area contributed by atoms with Gasteiger partial charge in [-0.05, 0) is 31.0 Å². The smallest absolute Gasteiger partial charge is 0.409 e. The summed E-state index contributed by atoms with van der Waals surface area (Å²) in [5.74, 6) is 0.403. The molecule has 0 spiro atoms. The number of hydrogen-bond acceptors (Lipinski definition) is 3. The second-order valence-corrected chi connectivity index (χ2v) is 4.30. The van der Waals surface area contributed by atoms with Crippen LogP contribution < -0.4 is 5.73 Å². The van der Waals surface area contributed by atoms with E-state index in [1.165, 1.54) is 5.56 Å². The molecule has 1 aliphatic heterocycles. The van der Waals surface area contributed by atoms with Gasteiger partial charge in [0.05, 0.1) is 6.61 Å². The highest BCUT2D eigenvalue weighted by Gasteiger charge is 2.27. The molecule has 0 aromatic heterocycles. The summed E-state index contributed by atoms with van der Waals surface area (Å²) in [6.07, 6.45) is 0.786. The first-order valence-corrected chi connectivity index (χ1v) is 5.98. The summed E-state index contributed by atoms with van der Waals surface area (Å²) in [6, 6.07) is 7.88. The first-order chi connectivity index (χ1) is 8.20. The van der Waals surface area contributed by atoms with E-state index >= 15 is 0 Å². The summed E-state index contributed by atoms with van der Waals surface area (Å²) < 4.78 is 5.00. The molecule has 2 rings (SSSR count). The van der Waals surface area contributed by atoms with Crippen LogP contribution in [0.4, 0.5) is 10.5 Å². The number of amides is 1. The fourth-order valence-corrected chi connectivity index (χ4v) is 2.18. The molecule has 0 bridgehead atoms. The minimum Gasteiger partial charge on any atom is -0.450 e. The van der Waals surface area contributed by atoms with Crippen LogP contribution in [0.2, 0.25) is 0 Å². The Morgan fingerprint density at radius 3 is 2.82 bits per heavy atom. The SMILES string of the molecule is CCOC(=O)N1CCC(c2ccc(N)cc2)C1. The summed E-state index contributed by atoms with van der Waals surface area (Å²) in [5, 5.41) is 0. The lowest BCUT2D eigenvalue weighted by molar-refractivity contribution is 0.115. The molecule has 2 N–H and O–H groups in total. The van der Waals surface area contributed by atoms with Gasteiger partial charge in [-0.15, -0.1) is 0 Å². The zero-order chi connectivity index (χ0) is 12.3. The molecule has 1 saturated heterocycles. The number of nitrogens with two attached hydrogens (primary N) is 1. The van der Waals surface area contributed by atoms with Crippen molar-refractivity contribution in [3.05, 3.63) is 29.8 Å². The molecule has 17 heavy (non-hydrogen) atoms. The van der Waals surface area contributed by atoms with Gasteiger partial charge in [-0.3, -0.25) is 0 Å². The van der Waals surface area contributed by atoms with Gasteiger partial charge in [0.25, 0.3) is 0 Å². The third-order valence-electron chi connectivity index (χ3n) is 3.12. The van der Waals surface area contributed by atoms with Crippen molar-refractivity contribution in [2.75, 3.05) is 25.4 Å². The van der Waals surface area contributed by atoms with Crippen molar-refractivity contribution >= 4 is 11.8 Å². The first-order valence-electron chi connectivity index (χ1n) is 5.98. The lowest BCUT2D eigenvalue weighted by Crippen LogP contribution is -2.29. The summed E-state index contributed by atoms with van der Waals surface area (Å²) in [6.45, 7) is 3.77. The van der Waals surface area contributed by atoms with Gasteiger partial charge in [-0.25, -0.2) is 4.79 Å². The van der Waals surface area contributed by atoms with Crippen molar-refractivity contribution < 1.29 is 9.53 Å². The first kappa shape index (κ1) is 11.8. The monoisotopic (exact) mass is 234 g/mol. The fraction of sp³-hybridized carbons (Fsp3) is 0.462. The zero-order valence-corrected chi connectivity index (χ0v) is 10.1. The van der Waals surface area contributed by atoms with Crippen molar-refractivity contribution in [1.82, 2.24) is 4.90 Å². The maximum absolute atomic E-state index is 11.6. The predicted octanol–water partition coefficient (Wildman–Crippen LogP) is 2.21. The number of rotatable bonds is 2. The molecule has 4 heteroatoms. The quantitative estimate of drug-likeness (QED) is 0.798. The molecular weight excluding hydrogens is 216 g/mol. The van der Waals surface area contributed by atoms with Crippen LogP contribution in [0.3, 0.4) is 0 Å². The average Bonchev–Trinajstić information content (AvgIpc) is 2.80. The van der Waals surface area contributed by atoms with Gasteiger partial charge < -0.3 is 15.4 Å². The molecule has 1 atom stereocenters. The number of nitrogen functional groups attached to an aromatic ring is 1. The minimum atomic E-state index is -0.203. The van der Waals surface area contributed by atoms with Crippen LogP contribution in [0.15, 0.2) is 24.3 Å². The van der Waals surface area contributed by atoms with Gasteiger partial charge in [0.1, 0.15) is 0 Å². The molecule has 1 aromatic rings. The molecule has 1 aliphatic rings. The minimum absolute atomic E-state index is 0.203. The number of carbonyl (C=O) groups excluding carboxylic acids is 1. The van der Waals surface area contributed by atoms with E-state index in [2.05, 4.69) is 0 Å². The van der Waals surface area contributed by atoms with Gasteiger partial charge in [0.15, 0.2) is 0 Å². The Bertz CT molecular complexity index is 389. The fourth-order valence-electron chi connectivity index (χ4n) is 2.18. The highest BCUT2D eigenvalue weighted by Crippen LogP contribution is 2.27. The molecule has 1 amide bonds. The Morgan fingerprint density at radius 1 is 1.47 bits per heavy atom. The van der Waals surface area contributed by atoms with E-state index in [-0.39, 0.29) is 6.09 Å². The van der Waals surface area contributed by atoms with Crippen LogP contribution in [-0.2, 0) is 4.74 Å². The summed E-state index contributed by atoms with van der Waals surface area (Å²) in [7, 11) is 0. The number of anilines is 1. The van der Waals surface area contributed by atoms with Crippen LogP contribution in [0, 0.1) is 0 Å². The predicted molar refractivity (Wildman–Crippen MR) is 66.8 cm³/mol. The van der Waals surface area contributed by atoms with Crippen LogP contribution in [0.5, 0.6) is 0 Å². The van der Waals surface area contributed by atoms with E-state index in [1.54, 1.807) is 4.90 Å². The number of benzene rings is 1. The molecule has 0 aliphatic carbocycles. The topological polar surface area (TPSA) is 55.6 Å². The van der Waals surface area contributed by atoms with Crippen molar-refractivity contribution in [2.45, 2.75) is 19.3 Å². The molecule has 1 heterocycles. The van der Waals surface area contributed by atoms with Gasteiger partial charge in [-0.2, -0.15) is 0 Å². The molecule has 4 nitrogen and oxygen atoms in total. The third kappa shape index (κ3) is 2.70. The van der Waals surface area contributed by atoms with Crippen LogP contribution in [-0.4, -0.2) is 30.7 Å². The Morgan fingerprint density at radius 2 is 2.18 bits per heavy atom. The standard InChI is InChI=1S/C13H18N2O2/c1-2-17-13(16)15-8-7-11(9-15)10-3-5-12(14)6-4-10/h3-6,11H,2,7-9,14H2,1H3. The van der Waals surface area contributed by atoms with E-state index in [0.717, 1.165) is 25.2 Å². The number of ether oxygens (including phenoxy) is 1. The summed E-state index contributed by atoms with van der Waals surface area (Å²) >= 11 is 0. The van der Waals surface area contributed by atoms with E-state index in [4.69, 9.17) is 10.5 Å². The number of likely N-dealkylation sites (tertiary alicyclic amines) is 1. The second-order valence-electron chi connectivity index (χ2n) is 4.30. The molecule has 1 unspecified atom stereocenters. The molecule has 1 aromatic carbocycles. The largest absolute Gasteiger partial charge is 0.450 e. The Kier molecular flexibility index (Phi) is 3.52. The normalized spacial score (nSPS) is 19.4. The van der Waals surface area contributed by atoms with Gasteiger partial charge in [0.2, 0.25) is 0 Å². The van der Waals surface area contributed by atoms with E-state index in [9.17, 15) is 4.79 Å². The maximum atomic E-state index is 11.6. The maximum Gasteiger partial charge on any atom is 0.409 e. The summed E-state index contributed by atoms with van der Waals surface area (Å²) in [5.41, 5.74) is 7.67. The van der Waals surface area contributed by atoms with Crippen molar-refractivity contribution in [1.29, 1.82) is 0 Å². The highest BCUT2D eigenvalue weighted by molar-refractivity contribution is 5.68.